The first-order valence-corrected chi connectivity index (χ1v) is 8.64. The molecule has 1 heterocycles. The van der Waals surface area contributed by atoms with E-state index >= 15 is 0 Å². The molecule has 4 N–H and O–H groups in total. The summed E-state index contributed by atoms with van der Waals surface area (Å²) in [6.07, 6.45) is 5.37. The summed E-state index contributed by atoms with van der Waals surface area (Å²) < 4.78 is 11.1. The van der Waals surface area contributed by atoms with Crippen LogP contribution in [0, 0.1) is 17.8 Å². The molecular formula is C18H31N3O3. The second kappa shape index (κ2) is 7.36. The molecule has 1 aliphatic heterocycles. The monoisotopic (exact) mass is 337 g/mol. The summed E-state index contributed by atoms with van der Waals surface area (Å²) in [5, 5.41) is 0. The van der Waals surface area contributed by atoms with Gasteiger partial charge in [0.1, 0.15) is 5.60 Å². The first kappa shape index (κ1) is 18.5. The van der Waals surface area contributed by atoms with Crippen molar-refractivity contribution in [2.45, 2.75) is 46.1 Å². The Hall–Kier alpha value is -1.85. The number of nitrogens with zero attached hydrogens (tertiary/aromatic N) is 1. The largest absolute Gasteiger partial charge is 0.479 e. The molecule has 6 nitrogen and oxygen atoms in total. The van der Waals surface area contributed by atoms with Gasteiger partial charge in [0.05, 0.1) is 6.61 Å². The molecule has 24 heavy (non-hydrogen) atoms. The maximum absolute atomic E-state index is 12.2. The number of nitrogens with two attached hydrogens (primary N) is 2. The highest BCUT2D eigenvalue weighted by Gasteiger charge is 2.43. The zero-order valence-electron chi connectivity index (χ0n) is 15.2. The number of ether oxygens (including phenoxy) is 2. The van der Waals surface area contributed by atoms with Crippen molar-refractivity contribution in [2.24, 2.45) is 29.2 Å². The van der Waals surface area contributed by atoms with Gasteiger partial charge in [0.2, 0.25) is 0 Å². The Bertz CT molecular complexity index is 504. The fraction of sp³-hybridized carbons (Fsp3) is 0.722. The number of carbonyl (C=O) groups is 1. The molecule has 2 aliphatic rings. The average molecular weight is 337 g/mol. The van der Waals surface area contributed by atoms with Gasteiger partial charge in [0, 0.05) is 18.8 Å². The first-order chi connectivity index (χ1) is 11.1. The van der Waals surface area contributed by atoms with Crippen LogP contribution in [-0.2, 0) is 9.47 Å². The van der Waals surface area contributed by atoms with Crippen molar-refractivity contribution in [2.75, 3.05) is 19.7 Å². The summed E-state index contributed by atoms with van der Waals surface area (Å²) >= 11 is 0. The molecule has 0 aromatic heterocycles. The van der Waals surface area contributed by atoms with Crippen LogP contribution in [0.4, 0.5) is 4.79 Å². The highest BCUT2D eigenvalue weighted by molar-refractivity contribution is 5.68. The molecule has 1 saturated carbocycles. The van der Waals surface area contributed by atoms with Gasteiger partial charge in [-0.1, -0.05) is 0 Å². The number of fused-ring (bicyclic) bond motifs is 1. The quantitative estimate of drug-likeness (QED) is 0.608. The number of amides is 1. The van der Waals surface area contributed by atoms with Crippen LogP contribution >= 0.6 is 0 Å². The number of rotatable bonds is 4. The number of hydrogen-bond acceptors (Lipinski definition) is 5. The lowest BCUT2D eigenvalue weighted by Crippen LogP contribution is -2.36. The molecule has 1 amide bonds. The van der Waals surface area contributed by atoms with E-state index in [0.717, 1.165) is 25.9 Å². The van der Waals surface area contributed by atoms with E-state index in [1.54, 1.807) is 19.1 Å². The SMILES string of the molecule is C/C(N)=C/C=C(\N)OCC1CC2CN(C(=O)OC(C)(C)C)CC2C1. The molecular weight excluding hydrogens is 306 g/mol. The second-order valence-electron chi connectivity index (χ2n) is 8.03. The third-order valence-corrected chi connectivity index (χ3v) is 4.50. The van der Waals surface area contributed by atoms with E-state index < -0.39 is 5.60 Å². The Morgan fingerprint density at radius 3 is 2.25 bits per heavy atom. The fourth-order valence-corrected chi connectivity index (χ4v) is 3.51. The molecule has 2 rings (SSSR count). The van der Waals surface area contributed by atoms with Crippen LogP contribution in [0.2, 0.25) is 0 Å². The zero-order chi connectivity index (χ0) is 17.9. The highest BCUT2D eigenvalue weighted by Crippen LogP contribution is 2.42. The summed E-state index contributed by atoms with van der Waals surface area (Å²) in [5.41, 5.74) is 11.6. The molecule has 0 bridgehead atoms. The zero-order valence-corrected chi connectivity index (χ0v) is 15.2. The standard InChI is InChI=1S/C18H31N3O3/c1-12(19)5-6-16(20)23-11-13-7-14-9-21(10-15(14)8-13)17(22)24-18(2,3)4/h5-6,13-15H,7-11,19-20H2,1-4H3/b12-5-,16-6+. The minimum atomic E-state index is -0.439. The van der Waals surface area contributed by atoms with Crippen molar-refractivity contribution in [3.63, 3.8) is 0 Å². The van der Waals surface area contributed by atoms with Crippen LogP contribution in [0.3, 0.4) is 0 Å². The third-order valence-electron chi connectivity index (χ3n) is 4.50. The van der Waals surface area contributed by atoms with Gasteiger partial charge in [-0.15, -0.1) is 0 Å². The van der Waals surface area contributed by atoms with Crippen LogP contribution in [0.1, 0.15) is 40.5 Å². The molecule has 1 saturated heterocycles. The van der Waals surface area contributed by atoms with Crippen molar-refractivity contribution < 1.29 is 14.3 Å². The molecule has 2 unspecified atom stereocenters. The molecule has 0 spiro atoms. The number of allylic oxidation sites excluding steroid dienone is 3. The Labute approximate surface area is 144 Å². The van der Waals surface area contributed by atoms with E-state index in [9.17, 15) is 4.79 Å². The molecule has 0 aromatic rings. The van der Waals surface area contributed by atoms with Gasteiger partial charge in [0.25, 0.3) is 0 Å². The van der Waals surface area contributed by atoms with Crippen molar-refractivity contribution in [1.29, 1.82) is 0 Å². The number of carbonyl (C=O) groups excluding carboxylic acids is 1. The van der Waals surface area contributed by atoms with Gasteiger partial charge in [-0.05, 0) is 70.4 Å². The summed E-state index contributed by atoms with van der Waals surface area (Å²) in [7, 11) is 0. The summed E-state index contributed by atoms with van der Waals surface area (Å²) in [4.78, 5) is 14.0. The number of hydrogen-bond donors (Lipinski definition) is 2. The second-order valence-corrected chi connectivity index (χ2v) is 8.03. The van der Waals surface area contributed by atoms with Crippen molar-refractivity contribution in [1.82, 2.24) is 4.90 Å². The molecule has 1 aliphatic carbocycles. The molecule has 2 atom stereocenters. The first-order valence-electron chi connectivity index (χ1n) is 8.64. The Balaban J connectivity index is 1.76. The lowest BCUT2D eigenvalue weighted by atomic mass is 10.0. The van der Waals surface area contributed by atoms with E-state index in [0.29, 0.717) is 35.9 Å². The van der Waals surface area contributed by atoms with Crippen molar-refractivity contribution >= 4 is 6.09 Å². The minimum absolute atomic E-state index is 0.194. The summed E-state index contributed by atoms with van der Waals surface area (Å²) in [6.45, 7) is 9.70. The molecule has 136 valence electrons. The molecule has 0 radical (unpaired) electrons. The summed E-state index contributed by atoms with van der Waals surface area (Å²) in [6, 6.07) is 0. The van der Waals surface area contributed by atoms with E-state index in [-0.39, 0.29) is 6.09 Å². The minimum Gasteiger partial charge on any atom is -0.479 e. The molecule has 2 fully saturated rings. The smallest absolute Gasteiger partial charge is 0.410 e. The lowest BCUT2D eigenvalue weighted by molar-refractivity contribution is 0.0275. The maximum Gasteiger partial charge on any atom is 0.410 e. The van der Waals surface area contributed by atoms with Crippen LogP contribution in [-0.4, -0.2) is 36.3 Å². The lowest BCUT2D eigenvalue weighted by Gasteiger charge is -2.25. The summed E-state index contributed by atoms with van der Waals surface area (Å²) in [5.74, 6) is 1.98. The van der Waals surface area contributed by atoms with Gasteiger partial charge in [-0.3, -0.25) is 0 Å². The number of likely N-dealkylation sites (tertiary alicyclic amines) is 1. The van der Waals surface area contributed by atoms with E-state index in [1.807, 2.05) is 25.7 Å². The van der Waals surface area contributed by atoms with Crippen LogP contribution in [0.25, 0.3) is 0 Å². The topological polar surface area (TPSA) is 90.8 Å². The Kier molecular flexibility index (Phi) is 5.67. The van der Waals surface area contributed by atoms with Gasteiger partial charge in [-0.2, -0.15) is 0 Å². The Morgan fingerprint density at radius 1 is 1.17 bits per heavy atom. The van der Waals surface area contributed by atoms with Crippen molar-refractivity contribution in [3.8, 4) is 0 Å². The van der Waals surface area contributed by atoms with E-state index in [4.69, 9.17) is 20.9 Å². The van der Waals surface area contributed by atoms with Crippen molar-refractivity contribution in [3.05, 3.63) is 23.7 Å². The van der Waals surface area contributed by atoms with Crippen LogP contribution in [0.5, 0.6) is 0 Å². The fourth-order valence-electron chi connectivity index (χ4n) is 3.51. The van der Waals surface area contributed by atoms with E-state index in [2.05, 4.69) is 0 Å². The van der Waals surface area contributed by atoms with Gasteiger partial charge in [0.15, 0.2) is 5.88 Å². The van der Waals surface area contributed by atoms with Gasteiger partial charge in [-0.25, -0.2) is 4.79 Å². The Morgan fingerprint density at radius 2 is 1.75 bits per heavy atom. The normalized spacial score (nSPS) is 28.0. The van der Waals surface area contributed by atoms with Gasteiger partial charge < -0.3 is 25.8 Å². The molecule has 6 heteroatoms. The van der Waals surface area contributed by atoms with Gasteiger partial charge >= 0.3 is 6.09 Å². The predicted octanol–water partition coefficient (Wildman–Crippen LogP) is 2.56. The predicted molar refractivity (Wildman–Crippen MR) is 93.7 cm³/mol. The van der Waals surface area contributed by atoms with Crippen LogP contribution in [0.15, 0.2) is 23.7 Å². The highest BCUT2D eigenvalue weighted by atomic mass is 16.6. The van der Waals surface area contributed by atoms with Crippen LogP contribution < -0.4 is 11.5 Å². The molecule has 0 aromatic carbocycles. The van der Waals surface area contributed by atoms with E-state index in [1.165, 1.54) is 0 Å². The average Bonchev–Trinajstić information content (AvgIpc) is 2.99. The maximum atomic E-state index is 12.2. The third kappa shape index (κ3) is 5.35.